The van der Waals surface area contributed by atoms with Gasteiger partial charge in [-0.05, 0) is 12.8 Å². The fourth-order valence-corrected chi connectivity index (χ4v) is 3.08. The first-order chi connectivity index (χ1) is 9.19. The van der Waals surface area contributed by atoms with E-state index >= 15 is 0 Å². The fraction of sp³-hybridized carbons (Fsp3) is 0.692. The lowest BCUT2D eigenvalue weighted by Gasteiger charge is -2.45. The van der Waals surface area contributed by atoms with E-state index in [1.54, 1.807) is 12.4 Å². The van der Waals surface area contributed by atoms with E-state index in [0.29, 0.717) is 12.0 Å². The molecule has 0 radical (unpaired) electrons. The molecule has 0 amide bonds. The Kier molecular flexibility index (Phi) is 3.38. The van der Waals surface area contributed by atoms with E-state index in [1.165, 1.54) is 0 Å². The minimum absolute atomic E-state index is 0.210. The van der Waals surface area contributed by atoms with Gasteiger partial charge in [-0.25, -0.2) is 4.98 Å². The Hall–Kier alpha value is -1.24. The van der Waals surface area contributed by atoms with Crippen molar-refractivity contribution in [2.75, 3.05) is 31.1 Å². The lowest BCUT2D eigenvalue weighted by molar-refractivity contribution is -0.0715. The van der Waals surface area contributed by atoms with Gasteiger partial charge >= 0.3 is 0 Å². The van der Waals surface area contributed by atoms with Crippen molar-refractivity contribution < 1.29 is 4.74 Å². The van der Waals surface area contributed by atoms with Crippen molar-refractivity contribution in [3.05, 3.63) is 18.6 Å². The van der Waals surface area contributed by atoms with E-state index in [-0.39, 0.29) is 5.60 Å². The molecule has 0 aromatic carbocycles. The third kappa shape index (κ3) is 2.43. The van der Waals surface area contributed by atoms with Crippen molar-refractivity contribution >= 4 is 5.82 Å². The second-order valence-corrected chi connectivity index (χ2v) is 5.63. The van der Waals surface area contributed by atoms with Crippen molar-refractivity contribution in [2.45, 2.75) is 25.5 Å². The van der Waals surface area contributed by atoms with Crippen LogP contribution in [-0.4, -0.2) is 47.9 Å². The van der Waals surface area contributed by atoms with Crippen LogP contribution in [0.25, 0.3) is 0 Å². The van der Waals surface area contributed by atoms with Crippen LogP contribution in [0.4, 0.5) is 5.82 Å². The van der Waals surface area contributed by atoms with Crippen molar-refractivity contribution in [2.24, 2.45) is 5.92 Å². The number of hydrogen-bond acceptors (Lipinski definition) is 6. The summed E-state index contributed by atoms with van der Waals surface area (Å²) in [6, 6.07) is 0.312. The average Bonchev–Trinajstić information content (AvgIpc) is 2.87. The summed E-state index contributed by atoms with van der Waals surface area (Å²) in [6.45, 7) is 7.81. The second-order valence-electron chi connectivity index (χ2n) is 5.63. The molecule has 1 aromatic rings. The van der Waals surface area contributed by atoms with Crippen LogP contribution < -0.4 is 15.8 Å². The van der Waals surface area contributed by atoms with E-state index in [1.807, 2.05) is 6.20 Å². The van der Waals surface area contributed by atoms with E-state index in [2.05, 4.69) is 39.6 Å². The van der Waals surface area contributed by atoms with Crippen molar-refractivity contribution in [3.8, 4) is 0 Å². The smallest absolute Gasteiger partial charge is 0.147 e. The summed E-state index contributed by atoms with van der Waals surface area (Å²) < 4.78 is 6.08. The maximum atomic E-state index is 6.08. The van der Waals surface area contributed by atoms with E-state index < -0.39 is 0 Å². The molecule has 3 unspecified atom stereocenters. The number of hydrogen-bond donors (Lipinski definition) is 2. The molecular formula is C13H21N5O. The van der Waals surface area contributed by atoms with Gasteiger partial charge in [0.25, 0.3) is 0 Å². The standard InChI is InChI=1S/C13H21N5O/c1-10-7-16-17-12(10)13(2)9-18(5-6-19-13)11-8-14-3-4-15-11/h3-4,8,10,12,16-17H,5-7,9H2,1-2H3. The fourth-order valence-electron chi connectivity index (χ4n) is 3.08. The highest BCUT2D eigenvalue weighted by molar-refractivity contribution is 5.36. The Bertz CT molecular complexity index is 428. The monoisotopic (exact) mass is 263 g/mol. The summed E-state index contributed by atoms with van der Waals surface area (Å²) in [6.07, 6.45) is 5.25. The largest absolute Gasteiger partial charge is 0.370 e. The van der Waals surface area contributed by atoms with Gasteiger partial charge in [0, 0.05) is 32.0 Å². The highest BCUT2D eigenvalue weighted by atomic mass is 16.5. The Morgan fingerprint density at radius 3 is 3.05 bits per heavy atom. The summed E-state index contributed by atoms with van der Waals surface area (Å²) in [7, 11) is 0. The molecule has 2 N–H and O–H groups in total. The summed E-state index contributed by atoms with van der Waals surface area (Å²) in [5, 5.41) is 0. The molecule has 0 saturated carbocycles. The topological polar surface area (TPSA) is 62.3 Å². The van der Waals surface area contributed by atoms with E-state index in [0.717, 1.165) is 32.1 Å². The SMILES string of the molecule is CC1CNNC1C1(C)CN(c2cnccn2)CCO1. The zero-order chi connectivity index (χ0) is 13.3. The highest BCUT2D eigenvalue weighted by Gasteiger charge is 2.44. The molecule has 1 aromatic heterocycles. The van der Waals surface area contributed by atoms with Gasteiger partial charge in [0.15, 0.2) is 0 Å². The third-order valence-corrected chi connectivity index (χ3v) is 4.08. The Morgan fingerprint density at radius 1 is 1.47 bits per heavy atom. The van der Waals surface area contributed by atoms with Crippen molar-refractivity contribution in [3.63, 3.8) is 0 Å². The minimum Gasteiger partial charge on any atom is -0.370 e. The molecule has 6 nitrogen and oxygen atoms in total. The lowest BCUT2D eigenvalue weighted by atomic mass is 9.86. The molecule has 3 rings (SSSR count). The van der Waals surface area contributed by atoms with Gasteiger partial charge in [-0.2, -0.15) is 0 Å². The van der Waals surface area contributed by atoms with Gasteiger partial charge < -0.3 is 9.64 Å². The molecule has 2 fully saturated rings. The van der Waals surface area contributed by atoms with Crippen molar-refractivity contribution in [1.29, 1.82) is 0 Å². The molecule has 19 heavy (non-hydrogen) atoms. The molecule has 0 spiro atoms. The minimum atomic E-state index is -0.210. The van der Waals surface area contributed by atoms with Crippen LogP contribution in [0.5, 0.6) is 0 Å². The first-order valence-electron chi connectivity index (χ1n) is 6.82. The normalized spacial score (nSPS) is 35.6. The molecular weight excluding hydrogens is 242 g/mol. The predicted octanol–water partition coefficient (Wildman–Crippen LogP) is 0.184. The molecule has 2 aliphatic heterocycles. The molecule has 2 saturated heterocycles. The van der Waals surface area contributed by atoms with Gasteiger partial charge in [-0.1, -0.05) is 6.92 Å². The summed E-state index contributed by atoms with van der Waals surface area (Å²) in [4.78, 5) is 10.8. The second kappa shape index (κ2) is 5.03. The van der Waals surface area contributed by atoms with Crippen LogP contribution >= 0.6 is 0 Å². The third-order valence-electron chi connectivity index (χ3n) is 4.08. The first kappa shape index (κ1) is 12.8. The zero-order valence-corrected chi connectivity index (χ0v) is 11.5. The molecule has 104 valence electrons. The predicted molar refractivity (Wildman–Crippen MR) is 72.7 cm³/mol. The Morgan fingerprint density at radius 2 is 2.37 bits per heavy atom. The van der Waals surface area contributed by atoms with E-state index in [9.17, 15) is 0 Å². The van der Waals surface area contributed by atoms with Crippen LogP contribution in [-0.2, 0) is 4.74 Å². The maximum absolute atomic E-state index is 6.08. The van der Waals surface area contributed by atoms with Gasteiger partial charge in [-0.3, -0.25) is 15.8 Å². The number of nitrogens with one attached hydrogen (secondary N) is 2. The highest BCUT2D eigenvalue weighted by Crippen LogP contribution is 2.29. The number of anilines is 1. The number of aromatic nitrogens is 2. The van der Waals surface area contributed by atoms with E-state index in [4.69, 9.17) is 4.74 Å². The summed E-state index contributed by atoms with van der Waals surface area (Å²) >= 11 is 0. The molecule has 0 aliphatic carbocycles. The zero-order valence-electron chi connectivity index (χ0n) is 11.5. The van der Waals surface area contributed by atoms with Crippen LogP contribution in [0.15, 0.2) is 18.6 Å². The van der Waals surface area contributed by atoms with Gasteiger partial charge in [0.1, 0.15) is 5.82 Å². The summed E-state index contributed by atoms with van der Waals surface area (Å²) in [5.74, 6) is 1.47. The summed E-state index contributed by atoms with van der Waals surface area (Å²) in [5.41, 5.74) is 6.36. The van der Waals surface area contributed by atoms with Gasteiger partial charge in [0.2, 0.25) is 0 Å². The number of morpholine rings is 1. The Balaban J connectivity index is 1.77. The van der Waals surface area contributed by atoms with Gasteiger partial charge in [-0.15, -0.1) is 0 Å². The number of hydrazine groups is 1. The van der Waals surface area contributed by atoms with Crippen LogP contribution in [0.3, 0.4) is 0 Å². The number of rotatable bonds is 2. The Labute approximate surface area is 113 Å². The van der Waals surface area contributed by atoms with Crippen LogP contribution in [0.1, 0.15) is 13.8 Å². The maximum Gasteiger partial charge on any atom is 0.147 e. The number of ether oxygens (including phenoxy) is 1. The van der Waals surface area contributed by atoms with Crippen LogP contribution in [0.2, 0.25) is 0 Å². The van der Waals surface area contributed by atoms with Gasteiger partial charge in [0.05, 0.1) is 24.4 Å². The molecule has 6 heteroatoms. The van der Waals surface area contributed by atoms with Crippen LogP contribution in [0, 0.1) is 5.92 Å². The molecule has 2 aliphatic rings. The lowest BCUT2D eigenvalue weighted by Crippen LogP contribution is -2.61. The number of nitrogens with zero attached hydrogens (tertiary/aromatic N) is 3. The quantitative estimate of drug-likeness (QED) is 0.794. The molecule has 3 heterocycles. The van der Waals surface area contributed by atoms with Crippen molar-refractivity contribution in [1.82, 2.24) is 20.8 Å². The molecule has 0 bridgehead atoms. The average molecular weight is 263 g/mol. The molecule has 3 atom stereocenters. The first-order valence-corrected chi connectivity index (χ1v) is 6.82.